The van der Waals surface area contributed by atoms with Gasteiger partial charge in [0.1, 0.15) is 11.1 Å². The Balaban J connectivity index is 1.30. The van der Waals surface area contributed by atoms with E-state index >= 15 is 0 Å². The second-order valence-electron chi connectivity index (χ2n) is 9.80. The van der Waals surface area contributed by atoms with E-state index in [2.05, 4.69) is 10.3 Å². The Labute approximate surface area is 247 Å². The van der Waals surface area contributed by atoms with Crippen molar-refractivity contribution < 1.29 is 28.2 Å². The van der Waals surface area contributed by atoms with Crippen LogP contribution in [0, 0.1) is 18.7 Å². The van der Waals surface area contributed by atoms with E-state index in [1.807, 2.05) is 25.1 Å². The summed E-state index contributed by atoms with van der Waals surface area (Å²) >= 11 is 2.14. The van der Waals surface area contributed by atoms with Gasteiger partial charge in [-0.05, 0) is 60.5 Å². The number of thiazole rings is 1. The zero-order valence-electron chi connectivity index (χ0n) is 22.4. The minimum atomic E-state index is -0.817. The van der Waals surface area contributed by atoms with Crippen LogP contribution >= 0.6 is 23.1 Å². The van der Waals surface area contributed by atoms with Gasteiger partial charge in [0.15, 0.2) is 18.1 Å². The molecule has 3 atom stereocenters. The third kappa shape index (κ3) is 4.96. The SMILES string of the molecule is COc1cc([C@@H]2c3sc(=O)[nH]c3S[C@H]3C(=O)N(c4ccc(F)cc4)C(=O)[C@@H]23)ccc1OCC(=O)Nc1ccccc1C. The first-order valence-corrected chi connectivity index (χ1v) is 14.6. The van der Waals surface area contributed by atoms with E-state index in [4.69, 9.17) is 9.47 Å². The van der Waals surface area contributed by atoms with Crippen molar-refractivity contribution in [3.63, 3.8) is 0 Å². The minimum Gasteiger partial charge on any atom is -0.493 e. The van der Waals surface area contributed by atoms with Crippen molar-refractivity contribution in [1.82, 2.24) is 4.98 Å². The fraction of sp³-hybridized carbons (Fsp3) is 0.200. The average molecular weight is 606 g/mol. The van der Waals surface area contributed by atoms with Crippen molar-refractivity contribution in [3.05, 3.63) is 98.2 Å². The van der Waals surface area contributed by atoms with Gasteiger partial charge in [0.25, 0.3) is 5.91 Å². The molecule has 0 saturated carbocycles. The highest BCUT2D eigenvalue weighted by atomic mass is 32.2. The van der Waals surface area contributed by atoms with Crippen LogP contribution in [0.3, 0.4) is 0 Å². The number of nitrogens with zero attached hydrogens (tertiary/aromatic N) is 1. The Morgan fingerprint density at radius 2 is 1.79 bits per heavy atom. The standard InChI is InChI=1S/C30H24FN3O6S2/c1-15-5-3-4-6-19(15)32-22(35)14-40-20-12-7-16(13-21(20)39-2)23-24-26(41-27-25(23)42-30(38)33-27)29(37)34(28(24)36)18-10-8-17(31)9-11-18/h3-13,23-24,26H,14H2,1-2H3,(H,32,35)(H,33,38)/t23-,24-,26+/m0/s1. The van der Waals surface area contributed by atoms with Crippen LogP contribution in [-0.2, 0) is 14.4 Å². The molecular weight excluding hydrogens is 581 g/mol. The molecule has 12 heteroatoms. The van der Waals surface area contributed by atoms with E-state index in [1.54, 1.807) is 24.3 Å². The van der Waals surface area contributed by atoms with Gasteiger partial charge in [-0.3, -0.25) is 19.2 Å². The number of benzene rings is 3. The fourth-order valence-corrected chi connectivity index (χ4v) is 7.78. The number of aromatic nitrogens is 1. The first-order valence-electron chi connectivity index (χ1n) is 12.9. The summed E-state index contributed by atoms with van der Waals surface area (Å²) in [6, 6.07) is 17.6. The molecule has 2 N–H and O–H groups in total. The van der Waals surface area contributed by atoms with Gasteiger partial charge in [-0.2, -0.15) is 0 Å². The molecular formula is C30H24FN3O6S2. The number of anilines is 2. The summed E-state index contributed by atoms with van der Waals surface area (Å²) < 4.78 is 24.9. The molecule has 6 rings (SSSR count). The molecule has 4 aromatic rings. The molecule has 214 valence electrons. The summed E-state index contributed by atoms with van der Waals surface area (Å²) in [4.78, 5) is 56.5. The molecule has 0 unspecified atom stereocenters. The summed E-state index contributed by atoms with van der Waals surface area (Å²) in [7, 11) is 1.46. The van der Waals surface area contributed by atoms with E-state index in [1.165, 1.54) is 31.4 Å². The maximum Gasteiger partial charge on any atom is 0.305 e. The van der Waals surface area contributed by atoms with Gasteiger partial charge in [0.05, 0.1) is 23.7 Å². The summed E-state index contributed by atoms with van der Waals surface area (Å²) in [6.07, 6.45) is 0. The van der Waals surface area contributed by atoms with Gasteiger partial charge in [0, 0.05) is 16.5 Å². The second kappa shape index (κ2) is 11.1. The lowest BCUT2D eigenvalue weighted by molar-refractivity contribution is -0.122. The molecule has 9 nitrogen and oxygen atoms in total. The van der Waals surface area contributed by atoms with Crippen LogP contribution in [0.4, 0.5) is 15.8 Å². The van der Waals surface area contributed by atoms with Crippen LogP contribution in [-0.4, -0.2) is 41.7 Å². The lowest BCUT2D eigenvalue weighted by atomic mass is 9.83. The maximum atomic E-state index is 13.8. The number of aromatic amines is 1. The zero-order chi connectivity index (χ0) is 29.5. The Bertz CT molecular complexity index is 1770. The quantitative estimate of drug-likeness (QED) is 0.293. The maximum absolute atomic E-state index is 13.8. The number of methoxy groups -OCH3 is 1. The predicted molar refractivity (Wildman–Crippen MR) is 157 cm³/mol. The first-order chi connectivity index (χ1) is 20.2. The lowest BCUT2D eigenvalue weighted by Crippen LogP contribution is -2.32. The lowest BCUT2D eigenvalue weighted by Gasteiger charge is -2.30. The molecule has 1 saturated heterocycles. The van der Waals surface area contributed by atoms with E-state index < -0.39 is 34.7 Å². The summed E-state index contributed by atoms with van der Waals surface area (Å²) in [5, 5.41) is 2.55. The van der Waals surface area contributed by atoms with Gasteiger partial charge in [0.2, 0.25) is 11.8 Å². The topological polar surface area (TPSA) is 118 Å². The second-order valence-corrected chi connectivity index (χ2v) is 12.0. The molecule has 0 radical (unpaired) electrons. The summed E-state index contributed by atoms with van der Waals surface area (Å²) in [5.74, 6) is -2.52. The fourth-order valence-electron chi connectivity index (χ4n) is 5.26. The van der Waals surface area contributed by atoms with E-state index in [-0.39, 0.29) is 23.1 Å². The molecule has 1 fully saturated rings. The highest BCUT2D eigenvalue weighted by Gasteiger charge is 2.56. The van der Waals surface area contributed by atoms with Crippen molar-refractivity contribution in [2.75, 3.05) is 23.9 Å². The Hall–Kier alpha value is -4.42. The zero-order valence-corrected chi connectivity index (χ0v) is 24.0. The van der Waals surface area contributed by atoms with Crippen molar-refractivity contribution >= 4 is 52.2 Å². The van der Waals surface area contributed by atoms with Crippen LogP contribution in [0.25, 0.3) is 0 Å². The number of amides is 3. The Morgan fingerprint density at radius 1 is 1.02 bits per heavy atom. The molecule has 0 spiro atoms. The molecule has 2 aliphatic rings. The smallest absolute Gasteiger partial charge is 0.305 e. The third-order valence-corrected chi connectivity index (χ3v) is 9.63. The largest absolute Gasteiger partial charge is 0.493 e. The van der Waals surface area contributed by atoms with Crippen LogP contribution in [0.2, 0.25) is 0 Å². The van der Waals surface area contributed by atoms with Crippen LogP contribution in [0.15, 0.2) is 76.6 Å². The molecule has 0 bridgehead atoms. The van der Waals surface area contributed by atoms with E-state index in [0.717, 1.165) is 33.6 Å². The number of ether oxygens (including phenoxy) is 2. The molecule has 3 heterocycles. The summed E-state index contributed by atoms with van der Waals surface area (Å²) in [6.45, 7) is 1.62. The van der Waals surface area contributed by atoms with E-state index in [0.29, 0.717) is 32.7 Å². The molecule has 1 aromatic heterocycles. The van der Waals surface area contributed by atoms with Crippen molar-refractivity contribution in [1.29, 1.82) is 0 Å². The molecule has 2 aliphatic heterocycles. The Kier molecular flexibility index (Phi) is 7.33. The molecule has 0 aliphatic carbocycles. The molecule has 3 aromatic carbocycles. The van der Waals surface area contributed by atoms with Gasteiger partial charge in [-0.25, -0.2) is 9.29 Å². The van der Waals surface area contributed by atoms with Crippen molar-refractivity contribution in [2.24, 2.45) is 5.92 Å². The number of carbonyl (C=O) groups is 3. The normalized spacial score (nSPS) is 19.3. The third-order valence-electron chi connectivity index (χ3n) is 7.23. The minimum absolute atomic E-state index is 0.266. The Morgan fingerprint density at radius 3 is 2.52 bits per heavy atom. The number of H-pyrrole nitrogens is 1. The number of halogens is 1. The number of hydrogen-bond acceptors (Lipinski definition) is 8. The monoisotopic (exact) mass is 605 g/mol. The number of carbonyl (C=O) groups excluding carboxylic acids is 3. The predicted octanol–water partition coefficient (Wildman–Crippen LogP) is 4.71. The number of aryl methyl sites for hydroxylation is 1. The van der Waals surface area contributed by atoms with Gasteiger partial charge in [-0.1, -0.05) is 47.4 Å². The number of rotatable bonds is 7. The number of fused-ring (bicyclic) bond motifs is 2. The summed E-state index contributed by atoms with van der Waals surface area (Å²) in [5.41, 5.74) is 2.52. The number of para-hydroxylation sites is 1. The molecule has 42 heavy (non-hydrogen) atoms. The van der Waals surface area contributed by atoms with Crippen LogP contribution in [0.1, 0.15) is 21.9 Å². The van der Waals surface area contributed by atoms with Crippen LogP contribution < -0.4 is 24.6 Å². The van der Waals surface area contributed by atoms with E-state index in [9.17, 15) is 23.6 Å². The number of hydrogen-bond donors (Lipinski definition) is 2. The van der Waals surface area contributed by atoms with Gasteiger partial charge in [-0.15, -0.1) is 0 Å². The first kappa shape index (κ1) is 27.7. The van der Waals surface area contributed by atoms with Gasteiger partial charge < -0.3 is 19.8 Å². The van der Waals surface area contributed by atoms with Crippen LogP contribution in [0.5, 0.6) is 11.5 Å². The highest BCUT2D eigenvalue weighted by molar-refractivity contribution is 8.00. The van der Waals surface area contributed by atoms with Gasteiger partial charge >= 0.3 is 4.87 Å². The van der Waals surface area contributed by atoms with Crippen molar-refractivity contribution in [3.8, 4) is 11.5 Å². The number of imide groups is 1. The highest BCUT2D eigenvalue weighted by Crippen LogP contribution is 2.53. The number of nitrogens with one attached hydrogen (secondary N) is 2. The average Bonchev–Trinajstić information content (AvgIpc) is 3.47. The molecule has 3 amide bonds. The number of thioether (sulfide) groups is 1. The van der Waals surface area contributed by atoms with Crippen molar-refractivity contribution in [2.45, 2.75) is 23.1 Å².